The molecule has 154 valence electrons. The minimum atomic E-state index is -0.889. The number of phenols is 2. The van der Waals surface area contributed by atoms with Gasteiger partial charge in [-0.15, -0.1) is 0 Å². The molecule has 1 atom stereocenters. The number of aromatic hydroxyl groups is 2. The van der Waals surface area contributed by atoms with Crippen LogP contribution in [0.3, 0.4) is 0 Å². The van der Waals surface area contributed by atoms with Crippen LogP contribution in [0.5, 0.6) is 11.5 Å². The number of carbonyl (C=O) groups excluding carboxylic acids is 4. The molecule has 1 unspecified atom stereocenters. The zero-order valence-corrected chi connectivity index (χ0v) is 16.1. The molecule has 0 spiro atoms. The van der Waals surface area contributed by atoms with Crippen LogP contribution >= 0.6 is 0 Å². The van der Waals surface area contributed by atoms with Crippen molar-refractivity contribution in [3.63, 3.8) is 0 Å². The number of fused-ring (bicyclic) bond motifs is 1. The van der Waals surface area contributed by atoms with Crippen molar-refractivity contribution < 1.29 is 29.4 Å². The van der Waals surface area contributed by atoms with Crippen LogP contribution in [0.2, 0.25) is 0 Å². The highest BCUT2D eigenvalue weighted by atomic mass is 16.3. The summed E-state index contributed by atoms with van der Waals surface area (Å²) in [6.45, 7) is 0.978. The summed E-state index contributed by atoms with van der Waals surface area (Å²) in [6, 6.07) is 10.4. The standard InChI is InChI=1S/C22H20N2O6/c1-12(25)23-11-19(29)24-15(9-13-5-3-2-4-6-13)14-10-18(28)20-16(26)7-8-17(27)21(20)22(14)30/h2-8,10,15,26-27H,9,11H2,1H3,(H,23,25)(H,24,29). The molecule has 1 aliphatic rings. The topological polar surface area (TPSA) is 133 Å². The van der Waals surface area contributed by atoms with Crippen molar-refractivity contribution in [3.8, 4) is 11.5 Å². The molecular weight excluding hydrogens is 388 g/mol. The predicted octanol–water partition coefficient (Wildman–Crippen LogP) is 1.27. The Bertz CT molecular complexity index is 1060. The first-order valence-corrected chi connectivity index (χ1v) is 9.21. The number of ketones is 2. The van der Waals surface area contributed by atoms with Gasteiger partial charge in [0.05, 0.1) is 23.7 Å². The highest BCUT2D eigenvalue weighted by Crippen LogP contribution is 2.35. The Hall–Kier alpha value is -3.94. The van der Waals surface area contributed by atoms with Gasteiger partial charge in [-0.2, -0.15) is 0 Å². The fourth-order valence-electron chi connectivity index (χ4n) is 3.28. The molecule has 0 saturated heterocycles. The number of rotatable bonds is 6. The summed E-state index contributed by atoms with van der Waals surface area (Å²) in [5.74, 6) is -3.10. The molecule has 0 fully saturated rings. The van der Waals surface area contributed by atoms with Gasteiger partial charge in [-0.05, 0) is 30.2 Å². The molecule has 8 heteroatoms. The van der Waals surface area contributed by atoms with E-state index in [1.807, 2.05) is 6.07 Å². The number of allylic oxidation sites excluding steroid dienone is 1. The summed E-state index contributed by atoms with van der Waals surface area (Å²) in [4.78, 5) is 49.1. The van der Waals surface area contributed by atoms with Crippen molar-refractivity contribution in [1.29, 1.82) is 0 Å². The fourth-order valence-corrected chi connectivity index (χ4v) is 3.28. The summed E-state index contributed by atoms with van der Waals surface area (Å²) in [5, 5.41) is 25.2. The van der Waals surface area contributed by atoms with Crippen LogP contribution in [-0.4, -0.2) is 46.2 Å². The van der Waals surface area contributed by atoms with Gasteiger partial charge in [-0.25, -0.2) is 0 Å². The average Bonchev–Trinajstić information content (AvgIpc) is 2.71. The Labute approximate surface area is 172 Å². The molecule has 2 aromatic carbocycles. The number of carbonyl (C=O) groups is 4. The van der Waals surface area contributed by atoms with Gasteiger partial charge in [0.15, 0.2) is 11.6 Å². The maximum atomic E-state index is 13.1. The van der Waals surface area contributed by atoms with Gasteiger partial charge in [-0.3, -0.25) is 19.2 Å². The minimum absolute atomic E-state index is 0.0200. The van der Waals surface area contributed by atoms with Crippen LogP contribution in [0.4, 0.5) is 0 Å². The van der Waals surface area contributed by atoms with E-state index >= 15 is 0 Å². The lowest BCUT2D eigenvalue weighted by atomic mass is 9.83. The SMILES string of the molecule is CC(=O)NCC(=O)NC(Cc1ccccc1)C1=CC(=O)c2c(O)ccc(O)c2C1=O. The van der Waals surface area contributed by atoms with Gasteiger partial charge in [0.2, 0.25) is 11.8 Å². The Kier molecular flexibility index (Phi) is 5.96. The molecule has 0 bridgehead atoms. The van der Waals surface area contributed by atoms with E-state index in [1.54, 1.807) is 24.3 Å². The van der Waals surface area contributed by atoms with Crippen LogP contribution in [-0.2, 0) is 16.0 Å². The maximum absolute atomic E-state index is 13.1. The monoisotopic (exact) mass is 408 g/mol. The number of hydrogen-bond acceptors (Lipinski definition) is 6. The quantitative estimate of drug-likeness (QED) is 0.532. The van der Waals surface area contributed by atoms with E-state index in [2.05, 4.69) is 10.6 Å². The van der Waals surface area contributed by atoms with E-state index < -0.39 is 35.0 Å². The summed E-state index contributed by atoms with van der Waals surface area (Å²) < 4.78 is 0. The molecule has 0 radical (unpaired) electrons. The number of phenolic OH excluding ortho intramolecular Hbond substituents is 2. The lowest BCUT2D eigenvalue weighted by Crippen LogP contribution is -2.45. The Morgan fingerprint density at radius 2 is 1.60 bits per heavy atom. The van der Waals surface area contributed by atoms with Gasteiger partial charge < -0.3 is 20.8 Å². The van der Waals surface area contributed by atoms with Gasteiger partial charge in [0.1, 0.15) is 11.5 Å². The van der Waals surface area contributed by atoms with E-state index in [-0.39, 0.29) is 35.6 Å². The maximum Gasteiger partial charge on any atom is 0.239 e. The third-order valence-electron chi connectivity index (χ3n) is 4.67. The van der Waals surface area contributed by atoms with E-state index in [9.17, 15) is 29.4 Å². The first kappa shape index (κ1) is 20.8. The van der Waals surface area contributed by atoms with Gasteiger partial charge >= 0.3 is 0 Å². The Morgan fingerprint density at radius 3 is 2.23 bits per heavy atom. The van der Waals surface area contributed by atoms with Crippen LogP contribution in [0.15, 0.2) is 54.1 Å². The first-order valence-electron chi connectivity index (χ1n) is 9.21. The largest absolute Gasteiger partial charge is 0.507 e. The van der Waals surface area contributed by atoms with Crippen molar-refractivity contribution in [2.75, 3.05) is 6.54 Å². The molecule has 30 heavy (non-hydrogen) atoms. The molecule has 4 N–H and O–H groups in total. The highest BCUT2D eigenvalue weighted by Gasteiger charge is 2.35. The molecule has 0 aromatic heterocycles. The van der Waals surface area contributed by atoms with Crippen molar-refractivity contribution in [1.82, 2.24) is 10.6 Å². The number of hydrogen-bond donors (Lipinski definition) is 4. The van der Waals surface area contributed by atoms with Crippen LogP contribution in [0.1, 0.15) is 33.2 Å². The molecule has 2 amide bonds. The minimum Gasteiger partial charge on any atom is -0.507 e. The van der Waals surface area contributed by atoms with E-state index in [4.69, 9.17) is 0 Å². The second kappa shape index (κ2) is 8.60. The number of nitrogens with one attached hydrogen (secondary N) is 2. The van der Waals surface area contributed by atoms with E-state index in [1.165, 1.54) is 6.92 Å². The highest BCUT2D eigenvalue weighted by molar-refractivity contribution is 6.27. The summed E-state index contributed by atoms with van der Waals surface area (Å²) >= 11 is 0. The Morgan fingerprint density at radius 1 is 0.967 bits per heavy atom. The molecular formula is C22H20N2O6. The number of amides is 2. The lowest BCUT2D eigenvalue weighted by Gasteiger charge is -2.25. The third-order valence-corrected chi connectivity index (χ3v) is 4.67. The second-order valence-corrected chi connectivity index (χ2v) is 6.87. The predicted molar refractivity (Wildman–Crippen MR) is 107 cm³/mol. The summed E-state index contributed by atoms with van der Waals surface area (Å²) in [6.07, 6.45) is 1.27. The van der Waals surface area contributed by atoms with Crippen molar-refractivity contribution in [3.05, 3.63) is 70.8 Å². The van der Waals surface area contributed by atoms with Crippen molar-refractivity contribution >= 4 is 23.4 Å². The zero-order chi connectivity index (χ0) is 21.8. The molecule has 0 heterocycles. The van der Waals surface area contributed by atoms with Gasteiger partial charge in [0, 0.05) is 12.5 Å². The molecule has 8 nitrogen and oxygen atoms in total. The summed E-state index contributed by atoms with van der Waals surface area (Å²) in [7, 11) is 0. The van der Waals surface area contributed by atoms with Crippen LogP contribution in [0.25, 0.3) is 0 Å². The molecule has 3 rings (SSSR count). The van der Waals surface area contributed by atoms with Gasteiger partial charge in [-0.1, -0.05) is 30.3 Å². The number of Topliss-reactive ketones (excluding diaryl/α,β-unsaturated/α-hetero) is 1. The molecule has 1 aliphatic carbocycles. The third kappa shape index (κ3) is 4.38. The molecule has 0 saturated carbocycles. The van der Waals surface area contributed by atoms with E-state index in [0.29, 0.717) is 0 Å². The zero-order valence-electron chi connectivity index (χ0n) is 16.1. The van der Waals surface area contributed by atoms with E-state index in [0.717, 1.165) is 23.8 Å². The normalized spacial score (nSPS) is 13.8. The van der Waals surface area contributed by atoms with Crippen LogP contribution < -0.4 is 10.6 Å². The van der Waals surface area contributed by atoms with Gasteiger partial charge in [0.25, 0.3) is 0 Å². The Balaban J connectivity index is 1.97. The smallest absolute Gasteiger partial charge is 0.239 e. The van der Waals surface area contributed by atoms with Crippen LogP contribution in [0, 0.1) is 0 Å². The summed E-state index contributed by atoms with van der Waals surface area (Å²) in [5.41, 5.74) is 0.210. The molecule has 2 aromatic rings. The van der Waals surface area contributed by atoms with Crippen molar-refractivity contribution in [2.24, 2.45) is 0 Å². The fraction of sp³-hybridized carbons (Fsp3) is 0.182. The average molecular weight is 408 g/mol. The number of benzene rings is 2. The lowest BCUT2D eigenvalue weighted by molar-refractivity contribution is -0.125. The van der Waals surface area contributed by atoms with Crippen molar-refractivity contribution in [2.45, 2.75) is 19.4 Å². The second-order valence-electron chi connectivity index (χ2n) is 6.87. The first-order chi connectivity index (χ1) is 14.3. The molecule has 0 aliphatic heterocycles.